The second-order valence-electron chi connectivity index (χ2n) is 7.26. The van der Waals surface area contributed by atoms with Crippen molar-refractivity contribution in [3.8, 4) is 0 Å². The molecule has 2 amide bonds. The summed E-state index contributed by atoms with van der Waals surface area (Å²) in [7, 11) is 0. The normalized spacial score (nSPS) is 10.7. The van der Waals surface area contributed by atoms with Gasteiger partial charge >= 0.3 is 0 Å². The third-order valence-electron chi connectivity index (χ3n) is 5.67. The summed E-state index contributed by atoms with van der Waals surface area (Å²) in [5, 5.41) is 0. The number of primary amides is 2. The number of amides is 2. The Morgan fingerprint density at radius 3 is 1.17 bits per heavy atom. The van der Waals surface area contributed by atoms with Crippen molar-refractivity contribution in [1.82, 2.24) is 0 Å². The first kappa shape index (κ1) is 40.3. The molecule has 0 rings (SSSR count). The van der Waals surface area contributed by atoms with E-state index in [0.29, 0.717) is 71.1 Å². The summed E-state index contributed by atoms with van der Waals surface area (Å²) >= 11 is 0. The number of hydrogen-bond acceptors (Lipinski definition) is 6. The predicted octanol–water partition coefficient (Wildman–Crippen LogP) is 1.35. The summed E-state index contributed by atoms with van der Waals surface area (Å²) in [5.74, 6) is -0.733. The van der Waals surface area contributed by atoms with E-state index in [1.165, 1.54) is 0 Å². The van der Waals surface area contributed by atoms with Gasteiger partial charge in [0.1, 0.15) is 0 Å². The molecule has 0 radical (unpaired) electrons. The van der Waals surface area contributed by atoms with Crippen molar-refractivity contribution in [2.75, 3.05) is 26.2 Å². The van der Waals surface area contributed by atoms with Crippen LogP contribution in [-0.2, 0) is 9.59 Å². The van der Waals surface area contributed by atoms with Crippen molar-refractivity contribution in [3.63, 3.8) is 0 Å². The highest BCUT2D eigenvalue weighted by Crippen LogP contribution is 2.55. The molecule has 0 unspecified atom stereocenters. The van der Waals surface area contributed by atoms with Gasteiger partial charge in [-0.2, -0.15) is 0 Å². The predicted molar refractivity (Wildman–Crippen MR) is 135 cm³/mol. The lowest BCUT2D eigenvalue weighted by Gasteiger charge is -2.50. The molecule has 0 aromatic carbocycles. The van der Waals surface area contributed by atoms with Gasteiger partial charge in [0.05, 0.1) is 5.41 Å². The maximum Gasteiger partial charge on any atom is 0.224 e. The van der Waals surface area contributed by atoms with Crippen LogP contribution in [0.1, 0.15) is 64.2 Å². The average Bonchev–Trinajstić information content (AvgIpc) is 2.61. The van der Waals surface area contributed by atoms with Crippen LogP contribution in [-0.4, -0.2) is 38.0 Å². The summed E-state index contributed by atoms with van der Waals surface area (Å²) in [6.45, 7) is 1.95. The molecule has 0 aromatic rings. The third-order valence-corrected chi connectivity index (χ3v) is 5.67. The zero-order valence-corrected chi connectivity index (χ0v) is 21.1. The van der Waals surface area contributed by atoms with Crippen LogP contribution >= 0.6 is 49.6 Å². The molecule has 12 heteroatoms. The highest BCUT2D eigenvalue weighted by Gasteiger charge is 2.52. The number of halogens is 4. The Morgan fingerprint density at radius 1 is 0.567 bits per heavy atom. The molecule has 0 saturated carbocycles. The van der Waals surface area contributed by atoms with Crippen LogP contribution in [0.5, 0.6) is 0 Å². The lowest BCUT2D eigenvalue weighted by Crippen LogP contribution is -2.52. The summed E-state index contributed by atoms with van der Waals surface area (Å²) in [4.78, 5) is 24.3. The van der Waals surface area contributed by atoms with E-state index in [-0.39, 0.29) is 67.9 Å². The Labute approximate surface area is 206 Å². The zero-order chi connectivity index (χ0) is 20.1. The van der Waals surface area contributed by atoms with E-state index in [1.807, 2.05) is 0 Å². The largest absolute Gasteiger partial charge is 0.370 e. The van der Waals surface area contributed by atoms with Gasteiger partial charge in [-0.05, 0) is 89.4 Å². The number of rotatable bonds is 17. The molecule has 8 nitrogen and oxygen atoms in total. The van der Waals surface area contributed by atoms with Crippen LogP contribution in [0.15, 0.2) is 0 Å². The van der Waals surface area contributed by atoms with Crippen LogP contribution in [0, 0.1) is 10.8 Å². The fourth-order valence-corrected chi connectivity index (χ4v) is 4.31. The van der Waals surface area contributed by atoms with E-state index < -0.39 is 10.8 Å². The van der Waals surface area contributed by atoms with Gasteiger partial charge in [-0.25, -0.2) is 0 Å². The van der Waals surface area contributed by atoms with Crippen molar-refractivity contribution < 1.29 is 9.59 Å². The molecule has 0 aliphatic rings. The van der Waals surface area contributed by atoms with Crippen LogP contribution in [0.25, 0.3) is 0 Å². The summed E-state index contributed by atoms with van der Waals surface area (Å²) in [6.07, 6.45) is 6.10. The second-order valence-corrected chi connectivity index (χ2v) is 7.26. The summed E-state index contributed by atoms with van der Waals surface area (Å²) < 4.78 is 0. The molecule has 0 spiro atoms. The van der Waals surface area contributed by atoms with Gasteiger partial charge in [-0.1, -0.05) is 0 Å². The first-order valence-electron chi connectivity index (χ1n) is 9.74. The lowest BCUT2D eigenvalue weighted by atomic mass is 9.53. The molecule has 0 saturated heterocycles. The molecule has 0 aliphatic heterocycles. The minimum Gasteiger partial charge on any atom is -0.370 e. The van der Waals surface area contributed by atoms with Crippen molar-refractivity contribution in [2.45, 2.75) is 64.2 Å². The van der Waals surface area contributed by atoms with Gasteiger partial charge in [0.25, 0.3) is 0 Å². The van der Waals surface area contributed by atoms with E-state index in [2.05, 4.69) is 0 Å². The molecule has 186 valence electrons. The molecule has 0 heterocycles. The Kier molecular flexibility index (Phi) is 29.8. The number of carbonyl (C=O) groups is 2. The van der Waals surface area contributed by atoms with Crippen LogP contribution in [0.4, 0.5) is 0 Å². The number of carbonyl (C=O) groups excluding carboxylic acids is 2. The Morgan fingerprint density at radius 2 is 0.900 bits per heavy atom. The van der Waals surface area contributed by atoms with Gasteiger partial charge in [0, 0.05) is 6.42 Å². The molecule has 30 heavy (non-hydrogen) atoms. The minimum absolute atomic E-state index is 0. The molecule has 0 bridgehead atoms. The molecule has 0 fully saturated rings. The SMILES string of the molecule is Cl.Cl.Cl.Cl.NCCCC(CCCN)(CCC(N)=O)C(CCCN)(CCCN)C(N)=O. The molecule has 0 aromatic heterocycles. The highest BCUT2D eigenvalue weighted by molar-refractivity contribution is 5.86. The van der Waals surface area contributed by atoms with Gasteiger partial charge in [-0.3, -0.25) is 9.59 Å². The van der Waals surface area contributed by atoms with Crippen LogP contribution in [0.2, 0.25) is 0 Å². The van der Waals surface area contributed by atoms with Gasteiger partial charge < -0.3 is 34.4 Å². The van der Waals surface area contributed by atoms with E-state index in [4.69, 9.17) is 34.4 Å². The summed E-state index contributed by atoms with van der Waals surface area (Å²) in [6, 6.07) is 0. The van der Waals surface area contributed by atoms with E-state index in [1.54, 1.807) is 0 Å². The topological polar surface area (TPSA) is 190 Å². The molecular formula is C18H44Cl4N6O2. The molecule has 12 N–H and O–H groups in total. The van der Waals surface area contributed by atoms with Gasteiger partial charge in [0.2, 0.25) is 11.8 Å². The first-order valence-corrected chi connectivity index (χ1v) is 9.74. The smallest absolute Gasteiger partial charge is 0.224 e. The van der Waals surface area contributed by atoms with Crippen molar-refractivity contribution >= 4 is 61.4 Å². The molecule has 0 atom stereocenters. The molecule has 0 aliphatic carbocycles. The maximum absolute atomic E-state index is 12.8. The van der Waals surface area contributed by atoms with Crippen molar-refractivity contribution in [1.29, 1.82) is 0 Å². The van der Waals surface area contributed by atoms with Crippen LogP contribution < -0.4 is 34.4 Å². The quantitative estimate of drug-likeness (QED) is 0.168. The second kappa shape index (κ2) is 22.1. The Bertz CT molecular complexity index is 417. The van der Waals surface area contributed by atoms with Gasteiger partial charge in [0.15, 0.2) is 0 Å². The van der Waals surface area contributed by atoms with E-state index >= 15 is 0 Å². The number of nitrogens with two attached hydrogens (primary N) is 6. The third kappa shape index (κ3) is 12.1. The highest BCUT2D eigenvalue weighted by atomic mass is 35.5. The summed E-state index contributed by atoms with van der Waals surface area (Å²) in [5.41, 5.74) is 33.2. The Balaban J connectivity index is -0.000000521. The monoisotopic (exact) mass is 516 g/mol. The fourth-order valence-electron chi connectivity index (χ4n) is 4.31. The minimum atomic E-state index is -0.786. The fraction of sp³-hybridized carbons (Fsp3) is 0.889. The van der Waals surface area contributed by atoms with Crippen molar-refractivity contribution in [2.24, 2.45) is 45.2 Å². The van der Waals surface area contributed by atoms with Crippen molar-refractivity contribution in [3.05, 3.63) is 0 Å². The maximum atomic E-state index is 12.8. The molecular weight excluding hydrogens is 474 g/mol. The average molecular weight is 518 g/mol. The standard InChI is InChI=1S/C18H40N6O2.4ClH/c19-11-1-6-17(7-2-12-20,10-5-15(23)25)18(16(24)26,8-3-13-21)9-4-14-22;;;;/h1-14,19-22H2,(H2,23,25)(H2,24,26);4*1H. The lowest BCUT2D eigenvalue weighted by molar-refractivity contribution is -0.142. The van der Waals surface area contributed by atoms with Crippen LogP contribution in [0.3, 0.4) is 0 Å². The zero-order valence-electron chi connectivity index (χ0n) is 17.8. The van der Waals surface area contributed by atoms with E-state index in [9.17, 15) is 9.59 Å². The Hall–Kier alpha value is -0.0600. The number of hydrogen-bond donors (Lipinski definition) is 6. The first-order chi connectivity index (χ1) is 12.4. The van der Waals surface area contributed by atoms with E-state index in [0.717, 1.165) is 12.8 Å². The van der Waals surface area contributed by atoms with Gasteiger partial charge in [-0.15, -0.1) is 49.6 Å².